The monoisotopic (exact) mass is 420 g/mol. The number of amides is 1. The van der Waals surface area contributed by atoms with Gasteiger partial charge >= 0.3 is 0 Å². The minimum atomic E-state index is -0.303. The number of carbonyl (C=O) groups excluding carboxylic acids is 1. The average Bonchev–Trinajstić information content (AvgIpc) is 3.05. The van der Waals surface area contributed by atoms with E-state index in [0.717, 1.165) is 16.5 Å². The Morgan fingerprint density at radius 2 is 1.81 bits per heavy atom. The van der Waals surface area contributed by atoms with Gasteiger partial charge in [0.25, 0.3) is 5.91 Å². The van der Waals surface area contributed by atoms with E-state index in [1.54, 1.807) is 18.3 Å². The van der Waals surface area contributed by atoms with Crippen LogP contribution in [0.3, 0.4) is 0 Å². The van der Waals surface area contributed by atoms with Gasteiger partial charge in [0.2, 0.25) is 0 Å². The second kappa shape index (κ2) is 7.76. The van der Waals surface area contributed by atoms with Crippen molar-refractivity contribution in [1.29, 1.82) is 0 Å². The molecule has 1 aliphatic carbocycles. The minimum absolute atomic E-state index is 0.0849. The van der Waals surface area contributed by atoms with Gasteiger partial charge in [-0.3, -0.25) is 4.79 Å². The Morgan fingerprint density at radius 3 is 2.67 bits per heavy atom. The lowest BCUT2D eigenvalue weighted by Gasteiger charge is -2.05. The summed E-state index contributed by atoms with van der Waals surface area (Å²) in [4.78, 5) is 11.9. The molecule has 3 aromatic rings. The number of hydrogen-bond donors (Lipinski definition) is 1. The molecular formula is C22H17BrN2O2. The van der Waals surface area contributed by atoms with Gasteiger partial charge in [0, 0.05) is 4.47 Å². The van der Waals surface area contributed by atoms with E-state index in [-0.39, 0.29) is 12.5 Å². The summed E-state index contributed by atoms with van der Waals surface area (Å²) in [6, 6.07) is 22.0. The molecular weight excluding hydrogens is 404 g/mol. The second-order valence-corrected chi connectivity index (χ2v) is 7.20. The largest absolute Gasteiger partial charge is 0.484 e. The van der Waals surface area contributed by atoms with Crippen molar-refractivity contribution in [1.82, 2.24) is 5.43 Å². The zero-order chi connectivity index (χ0) is 18.6. The summed E-state index contributed by atoms with van der Waals surface area (Å²) >= 11 is 3.35. The van der Waals surface area contributed by atoms with Gasteiger partial charge in [-0.2, -0.15) is 5.10 Å². The van der Waals surface area contributed by atoms with E-state index < -0.39 is 0 Å². The highest BCUT2D eigenvalue weighted by Crippen LogP contribution is 2.36. The Labute approximate surface area is 166 Å². The fourth-order valence-corrected chi connectivity index (χ4v) is 3.40. The van der Waals surface area contributed by atoms with Crippen molar-refractivity contribution in [3.63, 3.8) is 0 Å². The molecule has 1 amide bonds. The number of hydrazone groups is 1. The number of rotatable bonds is 5. The van der Waals surface area contributed by atoms with E-state index in [1.807, 2.05) is 18.2 Å². The van der Waals surface area contributed by atoms with Crippen molar-refractivity contribution in [2.45, 2.75) is 6.42 Å². The number of halogens is 1. The first kappa shape index (κ1) is 17.5. The van der Waals surface area contributed by atoms with Crippen LogP contribution in [-0.2, 0) is 11.2 Å². The van der Waals surface area contributed by atoms with Crippen molar-refractivity contribution >= 4 is 28.1 Å². The summed E-state index contributed by atoms with van der Waals surface area (Å²) in [5, 5.41) is 4.03. The summed E-state index contributed by atoms with van der Waals surface area (Å²) < 4.78 is 6.37. The smallest absolute Gasteiger partial charge is 0.277 e. The Balaban J connectivity index is 1.33. The topological polar surface area (TPSA) is 50.7 Å². The van der Waals surface area contributed by atoms with Gasteiger partial charge in [-0.05, 0) is 64.6 Å². The first-order valence-electron chi connectivity index (χ1n) is 8.60. The average molecular weight is 421 g/mol. The zero-order valence-corrected chi connectivity index (χ0v) is 16.1. The molecule has 0 bridgehead atoms. The van der Waals surface area contributed by atoms with Gasteiger partial charge in [-0.25, -0.2) is 5.43 Å². The zero-order valence-electron chi connectivity index (χ0n) is 14.5. The molecule has 5 heteroatoms. The van der Waals surface area contributed by atoms with Crippen LogP contribution in [0, 0.1) is 0 Å². The second-order valence-electron chi connectivity index (χ2n) is 6.29. The van der Waals surface area contributed by atoms with Crippen LogP contribution in [0.4, 0.5) is 0 Å². The minimum Gasteiger partial charge on any atom is -0.484 e. The lowest BCUT2D eigenvalue weighted by atomic mass is 10.0. The number of fused-ring (bicyclic) bond motifs is 3. The molecule has 0 saturated heterocycles. The van der Waals surface area contributed by atoms with Gasteiger partial charge in [-0.15, -0.1) is 0 Å². The molecule has 0 atom stereocenters. The van der Waals surface area contributed by atoms with Gasteiger partial charge in [0.15, 0.2) is 6.61 Å². The van der Waals surface area contributed by atoms with Gasteiger partial charge in [0.1, 0.15) is 5.75 Å². The fourth-order valence-electron chi connectivity index (χ4n) is 3.14. The van der Waals surface area contributed by atoms with Crippen LogP contribution in [0.5, 0.6) is 5.75 Å². The van der Waals surface area contributed by atoms with Crippen molar-refractivity contribution in [2.75, 3.05) is 6.61 Å². The fraction of sp³-hybridized carbons (Fsp3) is 0.0909. The van der Waals surface area contributed by atoms with Gasteiger partial charge in [0.05, 0.1) is 6.21 Å². The number of ether oxygens (including phenoxy) is 1. The first-order chi connectivity index (χ1) is 13.2. The van der Waals surface area contributed by atoms with Crippen LogP contribution >= 0.6 is 15.9 Å². The standard InChI is InChI=1S/C22H17BrN2O2/c23-18-6-8-19(9-7-18)27-14-22(26)25-24-13-15-5-10-21-17(11-15)12-16-3-1-2-4-20(16)21/h1-11,13H,12,14H2,(H,25,26). The van der Waals surface area contributed by atoms with Crippen LogP contribution in [0.25, 0.3) is 11.1 Å². The highest BCUT2D eigenvalue weighted by atomic mass is 79.9. The van der Waals surface area contributed by atoms with Crippen LogP contribution in [0.15, 0.2) is 76.3 Å². The third kappa shape index (κ3) is 4.09. The molecule has 0 spiro atoms. The lowest BCUT2D eigenvalue weighted by molar-refractivity contribution is -0.123. The van der Waals surface area contributed by atoms with Crippen molar-refractivity contribution in [2.24, 2.45) is 5.10 Å². The number of hydrogen-bond acceptors (Lipinski definition) is 3. The predicted molar refractivity (Wildman–Crippen MR) is 110 cm³/mol. The number of nitrogens with one attached hydrogen (secondary N) is 1. The summed E-state index contributed by atoms with van der Waals surface area (Å²) in [6.45, 7) is -0.0849. The predicted octanol–water partition coefficient (Wildman–Crippen LogP) is 4.55. The van der Waals surface area contributed by atoms with Crippen molar-refractivity contribution in [3.8, 4) is 16.9 Å². The molecule has 4 nitrogen and oxygen atoms in total. The van der Waals surface area contributed by atoms with E-state index >= 15 is 0 Å². The third-order valence-electron chi connectivity index (χ3n) is 4.40. The molecule has 0 heterocycles. The molecule has 1 N–H and O–H groups in total. The molecule has 0 unspecified atom stereocenters. The Kier molecular flexibility index (Phi) is 5.03. The van der Waals surface area contributed by atoms with Crippen molar-refractivity contribution in [3.05, 3.63) is 87.9 Å². The SMILES string of the molecule is O=C(COc1ccc(Br)cc1)NN=Cc1ccc2c(c1)Cc1ccccc1-2. The first-order valence-corrected chi connectivity index (χ1v) is 9.40. The van der Waals surface area contributed by atoms with E-state index in [0.29, 0.717) is 5.75 Å². The van der Waals surface area contributed by atoms with Gasteiger partial charge in [-0.1, -0.05) is 52.3 Å². The Bertz CT molecular complexity index is 1010. The van der Waals surface area contributed by atoms with E-state index in [9.17, 15) is 4.79 Å². The highest BCUT2D eigenvalue weighted by molar-refractivity contribution is 9.10. The maximum atomic E-state index is 11.9. The molecule has 0 aromatic heterocycles. The molecule has 0 radical (unpaired) electrons. The third-order valence-corrected chi connectivity index (χ3v) is 4.93. The molecule has 0 saturated carbocycles. The quantitative estimate of drug-likeness (QED) is 0.380. The van der Waals surface area contributed by atoms with Gasteiger partial charge < -0.3 is 4.74 Å². The summed E-state index contributed by atoms with van der Waals surface area (Å²) in [5.74, 6) is 0.332. The maximum Gasteiger partial charge on any atom is 0.277 e. The lowest BCUT2D eigenvalue weighted by Crippen LogP contribution is -2.24. The maximum absolute atomic E-state index is 11.9. The Morgan fingerprint density at radius 1 is 1.04 bits per heavy atom. The van der Waals surface area contributed by atoms with Crippen LogP contribution in [0.2, 0.25) is 0 Å². The molecule has 27 heavy (non-hydrogen) atoms. The Hall–Kier alpha value is -2.92. The van der Waals surface area contributed by atoms with Crippen LogP contribution < -0.4 is 10.2 Å². The molecule has 3 aromatic carbocycles. The normalized spacial score (nSPS) is 11.9. The van der Waals surface area contributed by atoms with E-state index in [2.05, 4.69) is 62.9 Å². The number of benzene rings is 3. The van der Waals surface area contributed by atoms with Crippen LogP contribution in [-0.4, -0.2) is 18.7 Å². The molecule has 4 rings (SSSR count). The molecule has 0 aliphatic heterocycles. The number of carbonyl (C=O) groups is 1. The molecule has 134 valence electrons. The molecule has 0 fully saturated rings. The summed E-state index contributed by atoms with van der Waals surface area (Å²) in [5.41, 5.74) is 8.65. The van der Waals surface area contributed by atoms with Crippen molar-refractivity contribution < 1.29 is 9.53 Å². The summed E-state index contributed by atoms with van der Waals surface area (Å²) in [7, 11) is 0. The van der Waals surface area contributed by atoms with Crippen LogP contribution in [0.1, 0.15) is 16.7 Å². The van der Waals surface area contributed by atoms with E-state index in [1.165, 1.54) is 22.3 Å². The highest BCUT2D eigenvalue weighted by Gasteiger charge is 2.17. The molecule has 1 aliphatic rings. The van der Waals surface area contributed by atoms with E-state index in [4.69, 9.17) is 4.74 Å². The summed E-state index contributed by atoms with van der Waals surface area (Å²) in [6.07, 6.45) is 2.58. The number of nitrogens with zero attached hydrogens (tertiary/aromatic N) is 1.